The summed E-state index contributed by atoms with van der Waals surface area (Å²) < 4.78 is 27.3. The van der Waals surface area contributed by atoms with Gasteiger partial charge in [0.15, 0.2) is 0 Å². The third-order valence-corrected chi connectivity index (χ3v) is 4.93. The first-order valence-corrected chi connectivity index (χ1v) is 8.49. The highest BCUT2D eigenvalue weighted by atomic mass is 32.2. The van der Waals surface area contributed by atoms with E-state index in [-0.39, 0.29) is 10.8 Å². The highest BCUT2D eigenvalue weighted by Gasteiger charge is 2.27. The van der Waals surface area contributed by atoms with Crippen molar-refractivity contribution in [2.24, 2.45) is 5.92 Å². The molecule has 0 aromatic carbocycles. The predicted molar refractivity (Wildman–Crippen MR) is 85.9 cm³/mol. The van der Waals surface area contributed by atoms with Gasteiger partial charge in [0.2, 0.25) is 10.0 Å². The molecule has 1 heterocycles. The van der Waals surface area contributed by atoms with Crippen molar-refractivity contribution in [1.82, 2.24) is 14.2 Å². The molecule has 0 radical (unpaired) electrons. The predicted octanol–water partition coefficient (Wildman–Crippen LogP) is 1.33. The summed E-state index contributed by atoms with van der Waals surface area (Å²) in [4.78, 5) is 6.17. The maximum Gasteiger partial charge on any atom is 0.246 e. The average molecular weight is 314 g/mol. The molecule has 0 bridgehead atoms. The van der Waals surface area contributed by atoms with E-state index in [0.29, 0.717) is 25.3 Å². The summed E-state index contributed by atoms with van der Waals surface area (Å²) in [6.07, 6.45) is 2.99. The molecule has 0 aliphatic heterocycles. The van der Waals surface area contributed by atoms with E-state index in [0.717, 1.165) is 0 Å². The molecule has 0 spiro atoms. The molecular formula is C14H26N4O2S. The van der Waals surface area contributed by atoms with Gasteiger partial charge in [-0.1, -0.05) is 13.8 Å². The van der Waals surface area contributed by atoms with Gasteiger partial charge >= 0.3 is 0 Å². The Kier molecular flexibility index (Phi) is 6.57. The van der Waals surface area contributed by atoms with E-state index in [9.17, 15) is 8.42 Å². The van der Waals surface area contributed by atoms with E-state index in [2.05, 4.69) is 10.3 Å². The van der Waals surface area contributed by atoms with Gasteiger partial charge in [-0.05, 0) is 26.1 Å². The van der Waals surface area contributed by atoms with Gasteiger partial charge < -0.3 is 10.2 Å². The third kappa shape index (κ3) is 4.94. The van der Waals surface area contributed by atoms with E-state index in [1.165, 1.54) is 10.5 Å². The van der Waals surface area contributed by atoms with Crippen LogP contribution in [0.1, 0.15) is 13.8 Å². The lowest BCUT2D eigenvalue weighted by Crippen LogP contribution is -2.39. The number of likely N-dealkylation sites (N-methyl/N-ethyl adjacent to an activating group) is 1. The van der Waals surface area contributed by atoms with Crippen molar-refractivity contribution in [1.29, 1.82) is 0 Å². The first-order valence-electron chi connectivity index (χ1n) is 7.05. The molecule has 0 saturated carbocycles. The van der Waals surface area contributed by atoms with Gasteiger partial charge in [-0.25, -0.2) is 8.42 Å². The number of hydrogen-bond donors (Lipinski definition) is 1. The maximum absolute atomic E-state index is 12.9. The third-order valence-electron chi connectivity index (χ3n) is 3.04. The van der Waals surface area contributed by atoms with E-state index in [1.54, 1.807) is 19.3 Å². The molecule has 1 aromatic rings. The topological polar surface area (TPSA) is 65.5 Å². The van der Waals surface area contributed by atoms with Crippen molar-refractivity contribution in [2.75, 3.05) is 46.1 Å². The molecule has 120 valence electrons. The van der Waals surface area contributed by atoms with Crippen molar-refractivity contribution < 1.29 is 8.42 Å². The zero-order chi connectivity index (χ0) is 16.0. The van der Waals surface area contributed by atoms with Gasteiger partial charge in [0.1, 0.15) is 4.90 Å². The second kappa shape index (κ2) is 7.72. The normalized spacial score (nSPS) is 12.4. The Labute approximate surface area is 128 Å². The van der Waals surface area contributed by atoms with Crippen molar-refractivity contribution >= 4 is 15.7 Å². The van der Waals surface area contributed by atoms with Gasteiger partial charge in [-0.15, -0.1) is 0 Å². The summed E-state index contributed by atoms with van der Waals surface area (Å²) >= 11 is 0. The monoisotopic (exact) mass is 314 g/mol. The van der Waals surface area contributed by atoms with Crippen LogP contribution < -0.4 is 5.32 Å². The summed E-state index contributed by atoms with van der Waals surface area (Å²) in [5, 5.41) is 2.92. The van der Waals surface area contributed by atoms with E-state index >= 15 is 0 Å². The van der Waals surface area contributed by atoms with Gasteiger partial charge in [-0.2, -0.15) is 4.31 Å². The first kappa shape index (κ1) is 17.9. The molecule has 0 aliphatic carbocycles. The second-order valence-electron chi connectivity index (χ2n) is 5.68. The van der Waals surface area contributed by atoms with Gasteiger partial charge in [-0.3, -0.25) is 4.98 Å². The number of anilines is 1. The lowest BCUT2D eigenvalue weighted by Gasteiger charge is -2.26. The van der Waals surface area contributed by atoms with Crippen molar-refractivity contribution in [2.45, 2.75) is 18.7 Å². The van der Waals surface area contributed by atoms with Crippen LogP contribution in [0.15, 0.2) is 23.4 Å². The number of nitrogens with one attached hydrogen (secondary N) is 1. The minimum absolute atomic E-state index is 0.229. The quantitative estimate of drug-likeness (QED) is 0.784. The summed E-state index contributed by atoms with van der Waals surface area (Å²) in [7, 11) is 2.02. The molecule has 1 N–H and O–H groups in total. The molecule has 21 heavy (non-hydrogen) atoms. The molecule has 0 fully saturated rings. The molecule has 0 atom stereocenters. The number of sulfonamides is 1. The summed E-state index contributed by atoms with van der Waals surface area (Å²) in [5.41, 5.74) is 0.573. The molecule has 1 aromatic heterocycles. The largest absolute Gasteiger partial charge is 0.387 e. The molecule has 7 heteroatoms. The van der Waals surface area contributed by atoms with Gasteiger partial charge in [0.25, 0.3) is 0 Å². The zero-order valence-corrected chi connectivity index (χ0v) is 14.3. The SMILES string of the molecule is CNc1ccncc1S(=O)(=O)N(CCN(C)C)CC(C)C. The Morgan fingerprint density at radius 2 is 1.95 bits per heavy atom. The Morgan fingerprint density at radius 1 is 1.29 bits per heavy atom. The van der Waals surface area contributed by atoms with Crippen LogP contribution in [0.3, 0.4) is 0 Å². The van der Waals surface area contributed by atoms with Crippen LogP contribution >= 0.6 is 0 Å². The Morgan fingerprint density at radius 3 is 2.48 bits per heavy atom. The standard InChI is InChI=1S/C14H26N4O2S/c1-12(2)11-18(9-8-17(4)5)21(19,20)14-10-16-7-6-13(14)15-3/h6-7,10,12H,8-9,11H2,1-5H3,(H,15,16). The van der Waals surface area contributed by atoms with Crippen LogP contribution in [0, 0.1) is 5.92 Å². The Balaban J connectivity index is 3.13. The fourth-order valence-corrected chi connectivity index (χ4v) is 3.70. The fourth-order valence-electron chi connectivity index (χ4n) is 1.96. The lowest BCUT2D eigenvalue weighted by molar-refractivity contribution is 0.312. The summed E-state index contributed by atoms with van der Waals surface area (Å²) in [6, 6.07) is 1.67. The van der Waals surface area contributed by atoms with Crippen LogP contribution in [-0.2, 0) is 10.0 Å². The fraction of sp³-hybridized carbons (Fsp3) is 0.643. The van der Waals surface area contributed by atoms with E-state index < -0.39 is 10.0 Å². The van der Waals surface area contributed by atoms with Crippen molar-refractivity contribution in [3.05, 3.63) is 18.5 Å². The average Bonchev–Trinajstić information content (AvgIpc) is 2.42. The number of hydrogen-bond acceptors (Lipinski definition) is 5. The molecule has 0 saturated heterocycles. The molecule has 0 aliphatic rings. The molecular weight excluding hydrogens is 288 g/mol. The molecule has 0 amide bonds. The van der Waals surface area contributed by atoms with Crippen LogP contribution in [0.4, 0.5) is 5.69 Å². The molecule has 6 nitrogen and oxygen atoms in total. The van der Waals surface area contributed by atoms with Gasteiger partial charge in [0.05, 0.1) is 5.69 Å². The van der Waals surface area contributed by atoms with Crippen LogP contribution in [-0.4, -0.2) is 63.4 Å². The molecule has 1 rings (SSSR count). The van der Waals surface area contributed by atoms with Crippen LogP contribution in [0.5, 0.6) is 0 Å². The van der Waals surface area contributed by atoms with E-state index in [1.807, 2.05) is 32.8 Å². The van der Waals surface area contributed by atoms with E-state index in [4.69, 9.17) is 0 Å². The lowest BCUT2D eigenvalue weighted by atomic mass is 10.2. The first-order chi connectivity index (χ1) is 9.78. The Hall–Kier alpha value is -1.18. The molecule has 0 unspecified atom stereocenters. The van der Waals surface area contributed by atoms with Crippen LogP contribution in [0.2, 0.25) is 0 Å². The second-order valence-corrected chi connectivity index (χ2v) is 7.59. The summed E-state index contributed by atoms with van der Waals surface area (Å²) in [6.45, 7) is 5.67. The Bertz CT molecular complexity index is 544. The van der Waals surface area contributed by atoms with Crippen molar-refractivity contribution in [3.8, 4) is 0 Å². The summed E-state index contributed by atoms with van der Waals surface area (Å²) in [5.74, 6) is 0.261. The van der Waals surface area contributed by atoms with Crippen LogP contribution in [0.25, 0.3) is 0 Å². The zero-order valence-electron chi connectivity index (χ0n) is 13.5. The smallest absolute Gasteiger partial charge is 0.246 e. The minimum Gasteiger partial charge on any atom is -0.387 e. The number of rotatable bonds is 8. The number of nitrogens with zero attached hydrogens (tertiary/aromatic N) is 3. The minimum atomic E-state index is -3.55. The number of aromatic nitrogens is 1. The maximum atomic E-state index is 12.9. The van der Waals surface area contributed by atoms with Crippen molar-refractivity contribution in [3.63, 3.8) is 0 Å². The van der Waals surface area contributed by atoms with Gasteiger partial charge in [0, 0.05) is 39.1 Å². The number of pyridine rings is 1. The highest BCUT2D eigenvalue weighted by molar-refractivity contribution is 7.89. The highest BCUT2D eigenvalue weighted by Crippen LogP contribution is 2.23.